The van der Waals surface area contributed by atoms with Crippen LogP contribution in [0.25, 0.3) is 0 Å². The van der Waals surface area contributed by atoms with E-state index in [-0.39, 0.29) is 61.6 Å². The molecule has 0 unspecified atom stereocenters. The zero-order valence-electron chi connectivity index (χ0n) is 52.7. The van der Waals surface area contributed by atoms with Crippen molar-refractivity contribution in [2.75, 3.05) is 144 Å². The minimum atomic E-state index is -0.579. The predicted octanol–water partition coefficient (Wildman–Crippen LogP) is 5.66. The van der Waals surface area contributed by atoms with E-state index in [4.69, 9.17) is 18.9 Å². The van der Waals surface area contributed by atoms with Crippen LogP contribution in [-0.2, 0) is 59.6 Å². The van der Waals surface area contributed by atoms with Gasteiger partial charge in [0.25, 0.3) is 0 Å². The van der Waals surface area contributed by atoms with Crippen LogP contribution < -0.4 is 5.32 Å². The van der Waals surface area contributed by atoms with Crippen LogP contribution in [0, 0.1) is 0 Å². The lowest BCUT2D eigenvalue weighted by atomic mass is 10.1. The summed E-state index contributed by atoms with van der Waals surface area (Å²) < 4.78 is 22.2. The van der Waals surface area contributed by atoms with E-state index in [1.807, 2.05) is 141 Å². The number of ether oxygens (including phenoxy) is 4. The number of carbonyl (C=O) groups excluding carboxylic acids is 8. The van der Waals surface area contributed by atoms with E-state index >= 15 is 0 Å². The number of hydrogen-bond donors (Lipinski definition) is 1. The van der Waals surface area contributed by atoms with Gasteiger partial charge in [-0.3, -0.25) is 72.7 Å². The van der Waals surface area contributed by atoms with Gasteiger partial charge < -0.3 is 24.3 Å². The van der Waals surface area contributed by atoms with Crippen LogP contribution in [0.1, 0.15) is 129 Å². The molecule has 2 heterocycles. The standard InChI is InChI=1S/C31H50N4O6.C23H44N4O5.C8H7BrO/c1-25(37)20-32-12-14-33(21-26-8-10-27(24-36)11-9-26)15-17-35(23-29(39)41-31(5,6)7)19-18-34(16-13-32)22-28(38)40-30(2,3)4;1-19(28)16-25-10-8-24-9-11-26(17-20(29)31-22(2,3)4)13-15-27(14-12-25)18-21(30)32-23(5,6)7;9-5-7-1-3-8(6-10)4-2-7/h8-11,24H,12-23H2,1-7H3;24H,8-18H2,1-7H3;1-4,6H,5H2. The first-order chi connectivity index (χ1) is 38.7. The quantitative estimate of drug-likeness (QED) is 0.0878. The lowest BCUT2D eigenvalue weighted by Gasteiger charge is -2.34. The number of halogens is 1. The molecule has 2 aromatic carbocycles. The Bertz CT molecular complexity index is 2290. The first-order valence-corrected chi connectivity index (χ1v) is 30.1. The van der Waals surface area contributed by atoms with Crippen molar-refractivity contribution in [2.24, 2.45) is 0 Å². The summed E-state index contributed by atoms with van der Waals surface area (Å²) in [5, 5.41) is 4.23. The van der Waals surface area contributed by atoms with E-state index in [0.29, 0.717) is 104 Å². The Labute approximate surface area is 504 Å². The lowest BCUT2D eigenvalue weighted by Crippen LogP contribution is -2.49. The summed E-state index contributed by atoms with van der Waals surface area (Å²) in [5.74, 6) is -0.895. The molecule has 0 amide bonds. The van der Waals surface area contributed by atoms with Crippen LogP contribution in [0.2, 0.25) is 0 Å². The summed E-state index contributed by atoms with van der Waals surface area (Å²) in [4.78, 5) is 110. The lowest BCUT2D eigenvalue weighted by molar-refractivity contribution is -0.158. The second kappa shape index (κ2) is 37.6. The van der Waals surface area contributed by atoms with E-state index in [2.05, 4.69) is 45.7 Å². The summed E-state index contributed by atoms with van der Waals surface area (Å²) in [6, 6.07) is 15.0. The molecule has 0 aliphatic carbocycles. The molecule has 2 aliphatic rings. The fourth-order valence-corrected chi connectivity index (χ4v) is 9.06. The molecule has 0 radical (unpaired) electrons. The number of esters is 4. The average Bonchev–Trinajstić information content (AvgIpc) is 3.35. The Morgan fingerprint density at radius 3 is 0.892 bits per heavy atom. The Balaban J connectivity index is 0.000000494. The first kappa shape index (κ1) is 74.3. The highest BCUT2D eigenvalue weighted by molar-refractivity contribution is 9.08. The third-order valence-electron chi connectivity index (χ3n) is 12.4. The molecule has 1 N–H and O–H groups in total. The number of hydrogen-bond acceptors (Lipinski definition) is 20. The molecule has 468 valence electrons. The fourth-order valence-electron chi connectivity index (χ4n) is 8.69. The summed E-state index contributed by atoms with van der Waals surface area (Å²) >= 11 is 3.32. The van der Waals surface area contributed by atoms with Gasteiger partial charge in [0.1, 0.15) is 46.5 Å². The Morgan fingerprint density at radius 1 is 0.398 bits per heavy atom. The maximum Gasteiger partial charge on any atom is 0.320 e. The van der Waals surface area contributed by atoms with Gasteiger partial charge in [0, 0.05) is 128 Å². The SMILES string of the molecule is CC(=O)CN1CCN(CC(=O)OC(C)(C)C)CCN(CC(=O)OC(C)(C)C)CCN(Cc2ccc(C=O)cc2)CC1.CC(=O)CN1CCNCCN(CC(=O)OC(C)(C)C)CCN(CC(=O)OC(C)(C)C)CC1.O=Cc1ccc(CBr)cc1. The normalized spacial score (nSPS) is 17.2. The van der Waals surface area contributed by atoms with Crippen molar-refractivity contribution >= 4 is 63.9 Å². The maximum atomic E-state index is 12.8. The topological polar surface area (TPSA) is 208 Å². The molecule has 0 atom stereocenters. The van der Waals surface area contributed by atoms with Crippen molar-refractivity contribution < 1.29 is 57.3 Å². The van der Waals surface area contributed by atoms with Crippen molar-refractivity contribution in [2.45, 2.75) is 131 Å². The minimum absolute atomic E-state index is 0.0929. The van der Waals surface area contributed by atoms with Crippen LogP contribution in [0.4, 0.5) is 0 Å². The molecule has 2 aromatic rings. The molecular weight excluding hydrogens is 1130 g/mol. The third-order valence-corrected chi connectivity index (χ3v) is 13.0. The molecule has 4 rings (SSSR count). The number of benzene rings is 2. The number of nitrogens with one attached hydrogen (secondary N) is 1. The number of ketones is 2. The monoisotopic (exact) mass is 1230 g/mol. The van der Waals surface area contributed by atoms with Gasteiger partial charge in [-0.15, -0.1) is 0 Å². The molecular formula is C62H101BrN8O12. The molecule has 0 aromatic heterocycles. The van der Waals surface area contributed by atoms with Crippen molar-refractivity contribution in [3.8, 4) is 0 Å². The Kier molecular flexibility index (Phi) is 33.6. The summed E-state index contributed by atoms with van der Waals surface area (Å²) in [7, 11) is 0. The number of carbonyl (C=O) groups is 8. The highest BCUT2D eigenvalue weighted by Crippen LogP contribution is 2.14. The minimum Gasteiger partial charge on any atom is -0.459 e. The molecule has 2 saturated heterocycles. The molecule has 0 bridgehead atoms. The number of Topliss-reactive ketones (excluding diaryl/α,β-unsaturated/α-hetero) is 2. The van der Waals surface area contributed by atoms with E-state index < -0.39 is 22.4 Å². The fraction of sp³-hybridized carbons (Fsp3) is 0.677. The zero-order valence-corrected chi connectivity index (χ0v) is 54.2. The highest BCUT2D eigenvalue weighted by atomic mass is 79.9. The van der Waals surface area contributed by atoms with Gasteiger partial charge in [0.05, 0.1) is 39.3 Å². The molecule has 0 saturated carbocycles. The van der Waals surface area contributed by atoms with Gasteiger partial charge in [-0.2, -0.15) is 0 Å². The van der Waals surface area contributed by atoms with Gasteiger partial charge >= 0.3 is 23.9 Å². The van der Waals surface area contributed by atoms with Crippen LogP contribution in [0.15, 0.2) is 48.5 Å². The smallest absolute Gasteiger partial charge is 0.320 e. The Morgan fingerprint density at radius 2 is 0.639 bits per heavy atom. The van der Waals surface area contributed by atoms with Crippen molar-refractivity contribution in [3.63, 3.8) is 0 Å². The number of rotatable bonds is 17. The number of alkyl halides is 1. The van der Waals surface area contributed by atoms with Gasteiger partial charge in [-0.05, 0) is 108 Å². The van der Waals surface area contributed by atoms with E-state index in [1.165, 1.54) is 5.56 Å². The van der Waals surface area contributed by atoms with Crippen LogP contribution in [-0.4, -0.2) is 249 Å². The van der Waals surface area contributed by atoms with Crippen LogP contribution >= 0.6 is 15.9 Å². The van der Waals surface area contributed by atoms with E-state index in [1.54, 1.807) is 13.8 Å². The molecule has 83 heavy (non-hydrogen) atoms. The first-order valence-electron chi connectivity index (χ1n) is 29.0. The van der Waals surface area contributed by atoms with Gasteiger partial charge in [0.2, 0.25) is 0 Å². The van der Waals surface area contributed by atoms with Crippen LogP contribution in [0.3, 0.4) is 0 Å². The van der Waals surface area contributed by atoms with Crippen molar-refractivity contribution in [1.29, 1.82) is 0 Å². The maximum absolute atomic E-state index is 12.8. The predicted molar refractivity (Wildman–Crippen MR) is 328 cm³/mol. The summed E-state index contributed by atoms with van der Waals surface area (Å²) in [6.07, 6.45) is 1.68. The van der Waals surface area contributed by atoms with E-state index in [9.17, 15) is 38.4 Å². The second-order valence-electron chi connectivity index (χ2n) is 25.3. The molecule has 2 aliphatic heterocycles. The van der Waals surface area contributed by atoms with E-state index in [0.717, 1.165) is 55.2 Å². The third kappa shape index (κ3) is 38.0. The number of aldehydes is 2. The van der Waals surface area contributed by atoms with Crippen LogP contribution in [0.5, 0.6) is 0 Å². The summed E-state index contributed by atoms with van der Waals surface area (Å²) in [5.41, 5.74) is 1.41. The molecule has 0 spiro atoms. The summed E-state index contributed by atoms with van der Waals surface area (Å²) in [6.45, 7) is 38.0. The van der Waals surface area contributed by atoms with Gasteiger partial charge in [-0.25, -0.2) is 0 Å². The zero-order chi connectivity index (χ0) is 62.4. The largest absolute Gasteiger partial charge is 0.459 e. The van der Waals surface area contributed by atoms with Crippen molar-refractivity contribution in [1.82, 2.24) is 39.6 Å². The highest BCUT2D eigenvalue weighted by Gasteiger charge is 2.26. The molecule has 20 nitrogen and oxygen atoms in total. The van der Waals surface area contributed by atoms with Crippen molar-refractivity contribution in [3.05, 3.63) is 70.8 Å². The average molecular weight is 1230 g/mol. The Hall–Kier alpha value is -4.84. The second-order valence-corrected chi connectivity index (χ2v) is 25.8. The molecule has 21 heteroatoms. The van der Waals surface area contributed by atoms with Gasteiger partial charge in [-0.1, -0.05) is 64.5 Å². The van der Waals surface area contributed by atoms with Gasteiger partial charge in [0.15, 0.2) is 0 Å². The molecule has 2 fully saturated rings. The number of nitrogens with zero attached hydrogens (tertiary/aromatic N) is 7.